The van der Waals surface area contributed by atoms with Crippen LogP contribution in [0.3, 0.4) is 0 Å². The van der Waals surface area contributed by atoms with Gasteiger partial charge in [0.2, 0.25) is 15.9 Å². The summed E-state index contributed by atoms with van der Waals surface area (Å²) < 4.78 is 38.5. The molecular formula is C25H32N2O5S. The highest BCUT2D eigenvalue weighted by Crippen LogP contribution is 2.40. The topological polar surface area (TPSA) is 76.2 Å². The molecule has 1 amide bonds. The number of aryl methyl sites for hydroxylation is 1. The Hall–Kier alpha value is -2.58. The average molecular weight is 473 g/mol. The third kappa shape index (κ3) is 4.73. The number of hydrogen-bond donors (Lipinski definition) is 0. The van der Waals surface area contributed by atoms with Crippen LogP contribution >= 0.6 is 0 Å². The predicted octanol–water partition coefficient (Wildman–Crippen LogP) is 3.78. The van der Waals surface area contributed by atoms with Gasteiger partial charge in [-0.3, -0.25) is 4.79 Å². The largest absolute Gasteiger partial charge is 0.497 e. The lowest BCUT2D eigenvalue weighted by atomic mass is 9.95. The van der Waals surface area contributed by atoms with Crippen LogP contribution in [0.5, 0.6) is 11.5 Å². The number of methoxy groups -OCH3 is 2. The summed E-state index contributed by atoms with van der Waals surface area (Å²) in [5.41, 5.74) is 1.98. The minimum Gasteiger partial charge on any atom is -0.497 e. The molecule has 33 heavy (non-hydrogen) atoms. The van der Waals surface area contributed by atoms with Crippen LogP contribution < -0.4 is 9.47 Å². The molecule has 0 N–H and O–H groups in total. The van der Waals surface area contributed by atoms with Gasteiger partial charge in [0.05, 0.1) is 25.2 Å². The van der Waals surface area contributed by atoms with Crippen molar-refractivity contribution < 1.29 is 22.7 Å². The van der Waals surface area contributed by atoms with Crippen LogP contribution in [0, 0.1) is 12.8 Å². The van der Waals surface area contributed by atoms with Crippen molar-refractivity contribution in [1.82, 2.24) is 9.21 Å². The molecule has 0 unspecified atom stereocenters. The molecule has 2 heterocycles. The molecule has 0 aromatic heterocycles. The molecule has 2 saturated heterocycles. The zero-order valence-corrected chi connectivity index (χ0v) is 20.3. The van der Waals surface area contributed by atoms with Gasteiger partial charge in [0.1, 0.15) is 11.5 Å². The van der Waals surface area contributed by atoms with E-state index >= 15 is 0 Å². The molecule has 0 bridgehead atoms. The highest BCUT2D eigenvalue weighted by molar-refractivity contribution is 7.89. The fourth-order valence-corrected chi connectivity index (χ4v) is 6.36. The summed E-state index contributed by atoms with van der Waals surface area (Å²) in [5.74, 6) is 1.42. The van der Waals surface area contributed by atoms with Gasteiger partial charge >= 0.3 is 0 Å². The molecule has 4 rings (SSSR count). The van der Waals surface area contributed by atoms with Crippen molar-refractivity contribution in [1.29, 1.82) is 0 Å². The molecule has 2 aliphatic rings. The lowest BCUT2D eigenvalue weighted by Crippen LogP contribution is -2.44. The molecule has 2 aliphatic heterocycles. The number of rotatable bonds is 6. The lowest BCUT2D eigenvalue weighted by Gasteiger charge is -2.34. The van der Waals surface area contributed by atoms with Gasteiger partial charge in [0.25, 0.3) is 0 Å². The van der Waals surface area contributed by atoms with Crippen LogP contribution in [-0.2, 0) is 14.8 Å². The normalized spacial score (nSPS) is 20.1. The Bertz CT molecular complexity index is 1090. The molecule has 0 spiro atoms. The molecule has 8 heteroatoms. The maximum Gasteiger partial charge on any atom is 0.243 e. The number of benzene rings is 2. The third-order valence-corrected chi connectivity index (χ3v) is 8.71. The first kappa shape index (κ1) is 23.6. The summed E-state index contributed by atoms with van der Waals surface area (Å²) >= 11 is 0. The highest BCUT2D eigenvalue weighted by Gasteiger charge is 2.38. The van der Waals surface area contributed by atoms with E-state index in [9.17, 15) is 13.2 Å². The number of hydrogen-bond acceptors (Lipinski definition) is 5. The van der Waals surface area contributed by atoms with Gasteiger partial charge in [0, 0.05) is 31.1 Å². The molecule has 2 aromatic carbocycles. The summed E-state index contributed by atoms with van der Waals surface area (Å²) in [6.45, 7) is 3.34. The number of nitrogens with zero attached hydrogens (tertiary/aromatic N) is 2. The van der Waals surface area contributed by atoms with E-state index in [0.717, 1.165) is 35.5 Å². The SMILES string of the molecule is COc1ccc(OC)c([C@@H]2CCCN2C(=O)C2CCN(S(=O)(=O)c3ccc(C)cc3)CC2)c1. The summed E-state index contributed by atoms with van der Waals surface area (Å²) in [6, 6.07) is 12.5. The van der Waals surface area contributed by atoms with Crippen LogP contribution in [-0.4, -0.2) is 57.4 Å². The third-order valence-electron chi connectivity index (χ3n) is 6.79. The van der Waals surface area contributed by atoms with Crippen molar-refractivity contribution in [3.8, 4) is 11.5 Å². The van der Waals surface area contributed by atoms with Crippen molar-refractivity contribution in [3.63, 3.8) is 0 Å². The second kappa shape index (κ2) is 9.73. The Labute approximate surface area is 196 Å². The van der Waals surface area contributed by atoms with E-state index in [1.165, 1.54) is 4.31 Å². The summed E-state index contributed by atoms with van der Waals surface area (Å²) in [6.07, 6.45) is 2.86. The fraction of sp³-hybridized carbons (Fsp3) is 0.480. The Balaban J connectivity index is 1.46. The Morgan fingerprint density at radius 3 is 2.27 bits per heavy atom. The van der Waals surface area contributed by atoms with Crippen molar-refractivity contribution in [2.24, 2.45) is 5.92 Å². The van der Waals surface area contributed by atoms with E-state index < -0.39 is 10.0 Å². The Kier molecular flexibility index (Phi) is 6.95. The molecule has 0 saturated carbocycles. The van der Waals surface area contributed by atoms with E-state index in [1.54, 1.807) is 26.4 Å². The minimum atomic E-state index is -3.54. The summed E-state index contributed by atoms with van der Waals surface area (Å²) in [5, 5.41) is 0. The van der Waals surface area contributed by atoms with Crippen LogP contribution in [0.4, 0.5) is 0 Å². The van der Waals surface area contributed by atoms with Crippen LogP contribution in [0.1, 0.15) is 42.9 Å². The number of amides is 1. The van der Waals surface area contributed by atoms with E-state index in [-0.39, 0.29) is 17.9 Å². The van der Waals surface area contributed by atoms with Gasteiger partial charge in [-0.1, -0.05) is 17.7 Å². The summed E-state index contributed by atoms with van der Waals surface area (Å²) in [7, 11) is -0.277. The molecule has 7 nitrogen and oxygen atoms in total. The maximum atomic E-state index is 13.5. The first-order valence-electron chi connectivity index (χ1n) is 11.4. The number of piperidine rings is 1. The second-order valence-corrected chi connectivity index (χ2v) is 10.7. The number of carbonyl (C=O) groups is 1. The minimum absolute atomic E-state index is 0.0585. The standard InChI is InChI=1S/C25H32N2O5S/c1-18-6-9-21(10-7-18)33(29,30)26-15-12-19(13-16-26)25(28)27-14-4-5-23(27)22-17-20(31-2)8-11-24(22)32-3/h6-11,17,19,23H,4-5,12-16H2,1-3H3/t23-/m0/s1. The zero-order chi connectivity index (χ0) is 23.6. The molecule has 0 radical (unpaired) electrons. The van der Waals surface area contributed by atoms with Gasteiger partial charge in [-0.15, -0.1) is 0 Å². The second-order valence-electron chi connectivity index (χ2n) is 8.79. The fourth-order valence-electron chi connectivity index (χ4n) is 4.89. The molecule has 1 atom stereocenters. The van der Waals surface area contributed by atoms with Gasteiger partial charge in [0.15, 0.2) is 0 Å². The first-order chi connectivity index (χ1) is 15.8. The van der Waals surface area contributed by atoms with Crippen LogP contribution in [0.15, 0.2) is 47.4 Å². The van der Waals surface area contributed by atoms with Gasteiger partial charge in [-0.25, -0.2) is 8.42 Å². The maximum absolute atomic E-state index is 13.5. The number of carbonyl (C=O) groups excluding carboxylic acids is 1. The number of likely N-dealkylation sites (tertiary alicyclic amines) is 1. The highest BCUT2D eigenvalue weighted by atomic mass is 32.2. The van der Waals surface area contributed by atoms with E-state index in [0.29, 0.717) is 37.4 Å². The quantitative estimate of drug-likeness (QED) is 0.640. The molecule has 2 fully saturated rings. The van der Waals surface area contributed by atoms with Crippen LogP contribution in [0.2, 0.25) is 0 Å². The van der Waals surface area contributed by atoms with Crippen molar-refractivity contribution in [3.05, 3.63) is 53.6 Å². The summed E-state index contributed by atoms with van der Waals surface area (Å²) in [4.78, 5) is 15.7. The van der Waals surface area contributed by atoms with Crippen LogP contribution in [0.25, 0.3) is 0 Å². The van der Waals surface area contributed by atoms with E-state index in [2.05, 4.69) is 0 Å². The van der Waals surface area contributed by atoms with Crippen molar-refractivity contribution >= 4 is 15.9 Å². The Morgan fingerprint density at radius 1 is 0.939 bits per heavy atom. The molecule has 178 valence electrons. The van der Waals surface area contributed by atoms with Crippen molar-refractivity contribution in [2.75, 3.05) is 33.9 Å². The van der Waals surface area contributed by atoms with E-state index in [4.69, 9.17) is 9.47 Å². The molecule has 2 aromatic rings. The van der Waals surface area contributed by atoms with Gasteiger partial charge in [-0.2, -0.15) is 4.31 Å². The lowest BCUT2D eigenvalue weighted by molar-refractivity contribution is -0.137. The average Bonchev–Trinajstić information content (AvgIpc) is 3.33. The monoisotopic (exact) mass is 472 g/mol. The zero-order valence-electron chi connectivity index (χ0n) is 19.5. The number of sulfonamides is 1. The first-order valence-corrected chi connectivity index (χ1v) is 12.9. The molecule has 0 aliphatic carbocycles. The Morgan fingerprint density at radius 2 is 1.64 bits per heavy atom. The van der Waals surface area contributed by atoms with Gasteiger partial charge in [-0.05, 0) is 62.9 Å². The molecular weight excluding hydrogens is 440 g/mol. The number of ether oxygens (including phenoxy) is 2. The smallest absolute Gasteiger partial charge is 0.243 e. The van der Waals surface area contributed by atoms with E-state index in [1.807, 2.05) is 42.2 Å². The predicted molar refractivity (Wildman–Crippen MR) is 126 cm³/mol. The van der Waals surface area contributed by atoms with Gasteiger partial charge < -0.3 is 14.4 Å². The van der Waals surface area contributed by atoms with Crippen molar-refractivity contribution in [2.45, 2.75) is 43.5 Å².